The van der Waals surface area contributed by atoms with Crippen LogP contribution in [0, 0.1) is 13.8 Å². The number of carbonyl (C=O) groups is 2. The summed E-state index contributed by atoms with van der Waals surface area (Å²) in [4.78, 5) is 41.8. The number of thioether (sulfide) groups is 1. The lowest BCUT2D eigenvalue weighted by Gasteiger charge is -2.12. The summed E-state index contributed by atoms with van der Waals surface area (Å²) in [5, 5.41) is 6.62. The van der Waals surface area contributed by atoms with Crippen LogP contribution in [0.2, 0.25) is 5.02 Å². The first kappa shape index (κ1) is 23.6. The van der Waals surface area contributed by atoms with Gasteiger partial charge in [-0.15, -0.1) is 6.58 Å². The van der Waals surface area contributed by atoms with Gasteiger partial charge in [0.25, 0.3) is 5.56 Å². The third kappa shape index (κ3) is 5.57. The molecule has 2 aromatic carbocycles. The Bertz CT molecular complexity index is 1260. The summed E-state index contributed by atoms with van der Waals surface area (Å²) < 4.78 is 1.44. The van der Waals surface area contributed by atoms with Crippen LogP contribution in [-0.4, -0.2) is 33.7 Å². The molecule has 2 amide bonds. The van der Waals surface area contributed by atoms with Gasteiger partial charge in [-0.2, -0.15) is 0 Å². The van der Waals surface area contributed by atoms with Crippen LogP contribution in [0.5, 0.6) is 0 Å². The molecule has 166 valence electrons. The van der Waals surface area contributed by atoms with Gasteiger partial charge >= 0.3 is 0 Å². The molecular weight excluding hydrogens is 448 g/mol. The van der Waals surface area contributed by atoms with E-state index in [2.05, 4.69) is 22.2 Å². The number of halogens is 1. The summed E-state index contributed by atoms with van der Waals surface area (Å²) in [6.45, 7) is 7.66. The summed E-state index contributed by atoms with van der Waals surface area (Å²) in [6.07, 6.45) is 1.58. The van der Waals surface area contributed by atoms with Crippen molar-refractivity contribution in [2.24, 2.45) is 0 Å². The normalized spacial score (nSPS) is 10.7. The van der Waals surface area contributed by atoms with E-state index in [1.54, 1.807) is 24.3 Å². The second-order valence-corrected chi connectivity index (χ2v) is 8.50. The number of rotatable bonds is 8. The molecular formula is C23H23ClN4O3S. The molecule has 0 fully saturated rings. The second-order valence-electron chi connectivity index (χ2n) is 7.12. The molecule has 0 bridgehead atoms. The van der Waals surface area contributed by atoms with E-state index in [-0.39, 0.29) is 36.2 Å². The Morgan fingerprint density at radius 3 is 2.75 bits per heavy atom. The lowest BCUT2D eigenvalue weighted by molar-refractivity contribution is -0.122. The van der Waals surface area contributed by atoms with E-state index in [0.717, 1.165) is 22.9 Å². The highest BCUT2D eigenvalue weighted by atomic mass is 35.5. The Morgan fingerprint density at radius 1 is 1.22 bits per heavy atom. The molecule has 0 aliphatic rings. The van der Waals surface area contributed by atoms with Crippen LogP contribution in [0.3, 0.4) is 0 Å². The van der Waals surface area contributed by atoms with Crippen molar-refractivity contribution >= 4 is 51.8 Å². The maximum atomic E-state index is 12.8. The molecule has 0 saturated carbocycles. The molecule has 3 rings (SSSR count). The molecule has 7 nitrogen and oxygen atoms in total. The van der Waals surface area contributed by atoms with Crippen molar-refractivity contribution in [2.45, 2.75) is 25.5 Å². The molecule has 0 aliphatic heterocycles. The first-order valence-electron chi connectivity index (χ1n) is 9.86. The summed E-state index contributed by atoms with van der Waals surface area (Å²) in [5.74, 6) is -0.664. The molecule has 0 spiro atoms. The number of allylic oxidation sites excluding steroid dienone is 1. The predicted octanol–water partition coefficient (Wildman–Crippen LogP) is 3.70. The monoisotopic (exact) mass is 470 g/mol. The molecule has 0 unspecified atom stereocenters. The summed E-state index contributed by atoms with van der Waals surface area (Å²) in [7, 11) is 0. The zero-order chi connectivity index (χ0) is 23.3. The number of carbonyl (C=O) groups excluding carboxylic acids is 2. The van der Waals surface area contributed by atoms with Crippen molar-refractivity contribution < 1.29 is 9.59 Å². The van der Waals surface area contributed by atoms with Gasteiger partial charge in [0.15, 0.2) is 5.16 Å². The van der Waals surface area contributed by atoms with Gasteiger partial charge < -0.3 is 10.6 Å². The highest BCUT2D eigenvalue weighted by molar-refractivity contribution is 7.99. The standard InChI is InChI=1S/C23H23ClN4O3S/c1-4-10-28-22(31)17-11-16(24)8-9-19(17)27-23(28)32-13-21(30)25-12-20(29)26-18-7-5-6-14(2)15(18)3/h4-9,11H,1,10,12-13H2,2-3H3,(H,25,30)(H,26,29). The van der Waals surface area contributed by atoms with Crippen molar-refractivity contribution in [3.8, 4) is 0 Å². The van der Waals surface area contributed by atoms with Crippen LogP contribution in [0.4, 0.5) is 5.69 Å². The Morgan fingerprint density at radius 2 is 2.00 bits per heavy atom. The Balaban J connectivity index is 1.64. The topological polar surface area (TPSA) is 93.1 Å². The van der Waals surface area contributed by atoms with Crippen molar-refractivity contribution in [3.05, 3.63) is 75.6 Å². The SMILES string of the molecule is C=CCn1c(SCC(=O)NCC(=O)Nc2cccc(C)c2C)nc2ccc(Cl)cc2c1=O. The van der Waals surface area contributed by atoms with Crippen molar-refractivity contribution in [2.75, 3.05) is 17.6 Å². The number of amides is 2. The third-order valence-electron chi connectivity index (χ3n) is 4.85. The van der Waals surface area contributed by atoms with Crippen LogP contribution >= 0.6 is 23.4 Å². The molecule has 0 atom stereocenters. The minimum Gasteiger partial charge on any atom is -0.346 e. The molecule has 1 heterocycles. The van der Waals surface area contributed by atoms with Gasteiger partial charge in [-0.25, -0.2) is 4.98 Å². The zero-order valence-electron chi connectivity index (χ0n) is 17.8. The summed E-state index contributed by atoms with van der Waals surface area (Å²) in [6, 6.07) is 10.5. The van der Waals surface area contributed by atoms with Gasteiger partial charge in [-0.05, 0) is 49.2 Å². The first-order chi connectivity index (χ1) is 15.3. The van der Waals surface area contributed by atoms with Crippen molar-refractivity contribution in [1.29, 1.82) is 0 Å². The number of aromatic nitrogens is 2. The maximum Gasteiger partial charge on any atom is 0.262 e. The number of aryl methyl sites for hydroxylation is 1. The molecule has 0 radical (unpaired) electrons. The van der Waals surface area contributed by atoms with E-state index in [9.17, 15) is 14.4 Å². The fraction of sp³-hybridized carbons (Fsp3) is 0.217. The highest BCUT2D eigenvalue weighted by Crippen LogP contribution is 2.20. The van der Waals surface area contributed by atoms with Crippen molar-refractivity contribution in [1.82, 2.24) is 14.9 Å². The van der Waals surface area contributed by atoms with Crippen LogP contribution in [0.25, 0.3) is 10.9 Å². The van der Waals surface area contributed by atoms with Crippen LogP contribution in [0.15, 0.2) is 59.0 Å². The number of benzene rings is 2. The number of fused-ring (bicyclic) bond motifs is 1. The van der Waals surface area contributed by atoms with Gasteiger partial charge in [-0.3, -0.25) is 19.0 Å². The van der Waals surface area contributed by atoms with E-state index in [0.29, 0.717) is 26.8 Å². The molecule has 3 aromatic rings. The van der Waals surface area contributed by atoms with E-state index >= 15 is 0 Å². The first-order valence-corrected chi connectivity index (χ1v) is 11.2. The largest absolute Gasteiger partial charge is 0.346 e. The van der Waals surface area contributed by atoms with Gasteiger partial charge in [-0.1, -0.05) is 41.6 Å². The molecule has 9 heteroatoms. The van der Waals surface area contributed by atoms with E-state index in [1.165, 1.54) is 4.57 Å². The van der Waals surface area contributed by atoms with Crippen LogP contribution in [0.1, 0.15) is 11.1 Å². The zero-order valence-corrected chi connectivity index (χ0v) is 19.3. The minimum absolute atomic E-state index is 0.000563. The molecule has 0 saturated heterocycles. The second kappa shape index (κ2) is 10.5. The smallest absolute Gasteiger partial charge is 0.262 e. The molecule has 2 N–H and O–H groups in total. The van der Waals surface area contributed by atoms with Crippen molar-refractivity contribution in [3.63, 3.8) is 0 Å². The Hall–Kier alpha value is -3.10. The summed E-state index contributed by atoms with van der Waals surface area (Å²) in [5.41, 5.74) is 3.00. The van der Waals surface area contributed by atoms with Gasteiger partial charge in [0, 0.05) is 17.3 Å². The van der Waals surface area contributed by atoms with Gasteiger partial charge in [0.05, 0.1) is 23.2 Å². The number of nitrogens with one attached hydrogen (secondary N) is 2. The van der Waals surface area contributed by atoms with E-state index in [4.69, 9.17) is 11.6 Å². The molecule has 0 aliphatic carbocycles. The average molecular weight is 471 g/mol. The predicted molar refractivity (Wildman–Crippen MR) is 129 cm³/mol. The Kier molecular flexibility index (Phi) is 7.71. The quantitative estimate of drug-likeness (QED) is 0.297. The fourth-order valence-electron chi connectivity index (χ4n) is 3.01. The Labute approximate surface area is 194 Å². The number of hydrogen-bond acceptors (Lipinski definition) is 5. The highest BCUT2D eigenvalue weighted by Gasteiger charge is 2.14. The number of nitrogens with zero attached hydrogens (tertiary/aromatic N) is 2. The fourth-order valence-corrected chi connectivity index (χ4v) is 4.02. The van der Waals surface area contributed by atoms with Gasteiger partial charge in [0.1, 0.15) is 0 Å². The lowest BCUT2D eigenvalue weighted by Crippen LogP contribution is -2.34. The average Bonchev–Trinajstić information content (AvgIpc) is 2.76. The maximum absolute atomic E-state index is 12.8. The molecule has 32 heavy (non-hydrogen) atoms. The number of hydrogen-bond donors (Lipinski definition) is 2. The van der Waals surface area contributed by atoms with Crippen LogP contribution < -0.4 is 16.2 Å². The summed E-state index contributed by atoms with van der Waals surface area (Å²) >= 11 is 7.12. The minimum atomic E-state index is -0.346. The van der Waals surface area contributed by atoms with Gasteiger partial charge in [0.2, 0.25) is 11.8 Å². The van der Waals surface area contributed by atoms with E-state index < -0.39 is 0 Å². The number of anilines is 1. The molecule has 1 aromatic heterocycles. The van der Waals surface area contributed by atoms with E-state index in [1.807, 2.05) is 32.0 Å². The van der Waals surface area contributed by atoms with Crippen LogP contribution in [-0.2, 0) is 16.1 Å². The third-order valence-corrected chi connectivity index (χ3v) is 6.06. The lowest BCUT2D eigenvalue weighted by atomic mass is 10.1.